The van der Waals surface area contributed by atoms with E-state index in [2.05, 4.69) is 15.5 Å². The maximum atomic E-state index is 12.7. The fourth-order valence-corrected chi connectivity index (χ4v) is 3.75. The Balaban J connectivity index is 0.00000392. The lowest BCUT2D eigenvalue weighted by atomic mass is 9.85. The van der Waals surface area contributed by atoms with E-state index < -0.39 is 0 Å². The molecule has 1 saturated carbocycles. The van der Waals surface area contributed by atoms with Crippen LogP contribution in [0.15, 0.2) is 27.8 Å². The fourth-order valence-electron chi connectivity index (χ4n) is 3.75. The van der Waals surface area contributed by atoms with Gasteiger partial charge in [0, 0.05) is 27.2 Å². The van der Waals surface area contributed by atoms with Gasteiger partial charge in [-0.3, -0.25) is 14.7 Å². The maximum absolute atomic E-state index is 12.7. The maximum Gasteiger partial charge on any atom is 0.230 e. The zero-order chi connectivity index (χ0) is 19.9. The summed E-state index contributed by atoms with van der Waals surface area (Å²) in [6.07, 6.45) is 5.72. The van der Waals surface area contributed by atoms with Crippen LogP contribution in [0.1, 0.15) is 44.4 Å². The van der Waals surface area contributed by atoms with Crippen molar-refractivity contribution in [3.05, 3.63) is 24.2 Å². The van der Waals surface area contributed by atoms with Crippen LogP contribution in [0.25, 0.3) is 0 Å². The molecule has 1 atom stereocenters. The van der Waals surface area contributed by atoms with Crippen LogP contribution in [0, 0.1) is 5.41 Å². The van der Waals surface area contributed by atoms with Crippen molar-refractivity contribution in [2.45, 2.75) is 38.6 Å². The Morgan fingerprint density at radius 3 is 2.43 bits per heavy atom. The SMILES string of the molecule is CCNC(=NCC1(C(=O)N(C)C)CCCC1)NCC(c1ccco1)N(C)C.I. The Labute approximate surface area is 186 Å². The number of rotatable bonds is 8. The van der Waals surface area contributed by atoms with Gasteiger partial charge in [-0.05, 0) is 46.0 Å². The van der Waals surface area contributed by atoms with Gasteiger partial charge >= 0.3 is 0 Å². The smallest absolute Gasteiger partial charge is 0.230 e. The number of carbonyl (C=O) groups excluding carboxylic acids is 1. The average molecular weight is 505 g/mol. The van der Waals surface area contributed by atoms with Gasteiger partial charge in [-0.2, -0.15) is 0 Å². The van der Waals surface area contributed by atoms with E-state index in [4.69, 9.17) is 9.41 Å². The molecule has 0 aromatic carbocycles. The molecular weight excluding hydrogens is 469 g/mol. The predicted octanol–water partition coefficient (Wildman–Crippen LogP) is 2.70. The number of aliphatic imine (C=N–C) groups is 1. The van der Waals surface area contributed by atoms with Crippen molar-refractivity contribution in [2.24, 2.45) is 10.4 Å². The number of nitrogens with zero attached hydrogens (tertiary/aromatic N) is 3. The summed E-state index contributed by atoms with van der Waals surface area (Å²) < 4.78 is 5.57. The molecule has 7 nitrogen and oxygen atoms in total. The summed E-state index contributed by atoms with van der Waals surface area (Å²) in [6, 6.07) is 3.99. The molecule has 0 aliphatic heterocycles. The number of halogens is 1. The summed E-state index contributed by atoms with van der Waals surface area (Å²) in [4.78, 5) is 21.3. The lowest BCUT2D eigenvalue weighted by molar-refractivity contribution is -0.138. The third-order valence-electron chi connectivity index (χ3n) is 5.26. The molecule has 1 aromatic rings. The van der Waals surface area contributed by atoms with Crippen molar-refractivity contribution in [2.75, 3.05) is 47.8 Å². The molecule has 1 aliphatic rings. The molecule has 1 heterocycles. The monoisotopic (exact) mass is 505 g/mol. The predicted molar refractivity (Wildman–Crippen MR) is 124 cm³/mol. The normalized spacial score (nSPS) is 17.1. The highest BCUT2D eigenvalue weighted by Crippen LogP contribution is 2.39. The minimum Gasteiger partial charge on any atom is -0.468 e. The molecule has 1 aromatic heterocycles. The van der Waals surface area contributed by atoms with Crippen molar-refractivity contribution in [3.8, 4) is 0 Å². The molecule has 0 saturated heterocycles. The standard InChI is InChI=1S/C20H35N5O2.HI/c1-6-21-19(22-14-16(24(2)3)17-10-9-13-27-17)23-15-20(11-7-8-12-20)18(26)25(4)5;/h9-10,13,16H,6-8,11-12,14-15H2,1-5H3,(H2,21,22,23);1H. The van der Waals surface area contributed by atoms with E-state index in [-0.39, 0.29) is 41.3 Å². The fraction of sp³-hybridized carbons (Fsp3) is 0.700. The Morgan fingerprint density at radius 1 is 1.25 bits per heavy atom. The van der Waals surface area contributed by atoms with Crippen molar-refractivity contribution >= 4 is 35.8 Å². The number of likely N-dealkylation sites (N-methyl/N-ethyl adjacent to an activating group) is 1. The molecule has 1 unspecified atom stereocenters. The van der Waals surface area contributed by atoms with E-state index in [0.29, 0.717) is 13.1 Å². The second-order valence-corrected chi connectivity index (χ2v) is 7.76. The summed E-state index contributed by atoms with van der Waals surface area (Å²) in [5.41, 5.74) is -0.353. The largest absolute Gasteiger partial charge is 0.468 e. The summed E-state index contributed by atoms with van der Waals surface area (Å²) in [5.74, 6) is 1.86. The average Bonchev–Trinajstić information content (AvgIpc) is 3.31. The first-order valence-electron chi connectivity index (χ1n) is 9.83. The molecule has 28 heavy (non-hydrogen) atoms. The minimum atomic E-state index is -0.353. The van der Waals surface area contributed by atoms with E-state index in [0.717, 1.165) is 43.9 Å². The number of guanidine groups is 1. The lowest BCUT2D eigenvalue weighted by Crippen LogP contribution is -2.44. The Kier molecular flexibility index (Phi) is 10.3. The van der Waals surface area contributed by atoms with Gasteiger partial charge in [-0.25, -0.2) is 0 Å². The molecule has 0 radical (unpaired) electrons. The second-order valence-electron chi connectivity index (χ2n) is 7.76. The molecule has 1 amide bonds. The van der Waals surface area contributed by atoms with Gasteiger partial charge in [0.25, 0.3) is 0 Å². The van der Waals surface area contributed by atoms with Crippen LogP contribution >= 0.6 is 24.0 Å². The van der Waals surface area contributed by atoms with Crippen molar-refractivity contribution < 1.29 is 9.21 Å². The highest BCUT2D eigenvalue weighted by atomic mass is 127. The molecule has 0 spiro atoms. The van der Waals surface area contributed by atoms with Crippen molar-refractivity contribution in [1.82, 2.24) is 20.4 Å². The van der Waals surface area contributed by atoms with E-state index in [9.17, 15) is 4.79 Å². The lowest BCUT2D eigenvalue weighted by Gasteiger charge is -2.29. The zero-order valence-corrected chi connectivity index (χ0v) is 20.2. The number of furan rings is 1. The molecular formula is C20H36IN5O2. The number of hydrogen-bond acceptors (Lipinski definition) is 4. The van der Waals surface area contributed by atoms with Crippen LogP contribution in [0.4, 0.5) is 0 Å². The highest BCUT2D eigenvalue weighted by Gasteiger charge is 2.42. The summed E-state index contributed by atoms with van der Waals surface area (Å²) in [5, 5.41) is 6.71. The summed E-state index contributed by atoms with van der Waals surface area (Å²) >= 11 is 0. The van der Waals surface area contributed by atoms with Gasteiger partial charge in [-0.1, -0.05) is 12.8 Å². The number of carbonyl (C=O) groups is 1. The molecule has 160 valence electrons. The quantitative estimate of drug-likeness (QED) is 0.323. The molecule has 2 N–H and O–H groups in total. The highest BCUT2D eigenvalue weighted by molar-refractivity contribution is 14.0. The van der Waals surface area contributed by atoms with Crippen molar-refractivity contribution in [3.63, 3.8) is 0 Å². The number of hydrogen-bond donors (Lipinski definition) is 2. The Morgan fingerprint density at radius 2 is 1.93 bits per heavy atom. The van der Waals surface area contributed by atoms with Crippen LogP contribution < -0.4 is 10.6 Å². The Hall–Kier alpha value is -1.29. The third kappa shape index (κ3) is 6.37. The first-order valence-corrected chi connectivity index (χ1v) is 9.83. The van der Waals surface area contributed by atoms with E-state index in [1.807, 2.05) is 47.2 Å². The molecule has 1 fully saturated rings. The Bertz CT molecular complexity index is 610. The molecule has 8 heteroatoms. The van der Waals surface area contributed by atoms with Crippen LogP contribution in [0.3, 0.4) is 0 Å². The van der Waals surface area contributed by atoms with Gasteiger partial charge in [0.05, 0.1) is 24.3 Å². The summed E-state index contributed by atoms with van der Waals surface area (Å²) in [7, 11) is 7.73. The first-order chi connectivity index (χ1) is 12.9. The van der Waals surface area contributed by atoms with E-state index in [1.54, 1.807) is 11.2 Å². The number of nitrogens with one attached hydrogen (secondary N) is 2. The van der Waals surface area contributed by atoms with Gasteiger partial charge in [0.2, 0.25) is 5.91 Å². The third-order valence-corrected chi connectivity index (χ3v) is 5.26. The number of amides is 1. The summed E-state index contributed by atoms with van der Waals surface area (Å²) in [6.45, 7) is 4.00. The minimum absolute atomic E-state index is 0. The van der Waals surface area contributed by atoms with E-state index >= 15 is 0 Å². The first kappa shape index (κ1) is 24.7. The zero-order valence-electron chi connectivity index (χ0n) is 17.8. The van der Waals surface area contributed by atoms with Crippen LogP contribution in [0.5, 0.6) is 0 Å². The van der Waals surface area contributed by atoms with Crippen molar-refractivity contribution in [1.29, 1.82) is 0 Å². The van der Waals surface area contributed by atoms with E-state index in [1.165, 1.54) is 0 Å². The van der Waals surface area contributed by atoms with Crippen LogP contribution in [0.2, 0.25) is 0 Å². The molecule has 2 rings (SSSR count). The van der Waals surface area contributed by atoms with Gasteiger partial charge in [-0.15, -0.1) is 24.0 Å². The van der Waals surface area contributed by atoms with Gasteiger partial charge in [0.1, 0.15) is 5.76 Å². The van der Waals surface area contributed by atoms with Gasteiger partial charge in [0.15, 0.2) is 5.96 Å². The second kappa shape index (κ2) is 11.6. The van der Waals surface area contributed by atoms with Crippen LogP contribution in [-0.4, -0.2) is 69.5 Å². The topological polar surface area (TPSA) is 73.1 Å². The van der Waals surface area contributed by atoms with Gasteiger partial charge < -0.3 is 20.0 Å². The van der Waals surface area contributed by atoms with Crippen LogP contribution in [-0.2, 0) is 4.79 Å². The molecule has 1 aliphatic carbocycles. The molecule has 0 bridgehead atoms.